The van der Waals surface area contributed by atoms with Crippen molar-refractivity contribution in [1.82, 2.24) is 10.2 Å². The molecule has 1 heterocycles. The maximum absolute atomic E-state index is 12.8. The fraction of sp³-hybridized carbons (Fsp3) is 0.333. The van der Waals surface area contributed by atoms with Crippen molar-refractivity contribution < 1.29 is 14.7 Å². The van der Waals surface area contributed by atoms with Gasteiger partial charge in [-0.05, 0) is 36.5 Å². The second-order valence-electron chi connectivity index (χ2n) is 6.81. The van der Waals surface area contributed by atoms with Crippen molar-refractivity contribution in [1.29, 1.82) is 0 Å². The lowest BCUT2D eigenvalue weighted by atomic mass is 9.97. The van der Waals surface area contributed by atoms with Crippen LogP contribution in [0.1, 0.15) is 30.0 Å². The van der Waals surface area contributed by atoms with Crippen LogP contribution in [0.3, 0.4) is 0 Å². The van der Waals surface area contributed by atoms with Gasteiger partial charge in [0.05, 0.1) is 12.0 Å². The lowest BCUT2D eigenvalue weighted by Gasteiger charge is -2.32. The van der Waals surface area contributed by atoms with Gasteiger partial charge < -0.3 is 15.3 Å². The molecule has 1 fully saturated rings. The van der Waals surface area contributed by atoms with E-state index < -0.39 is 5.97 Å². The highest BCUT2D eigenvalue weighted by Crippen LogP contribution is 2.24. The van der Waals surface area contributed by atoms with Crippen LogP contribution in [-0.4, -0.2) is 35.1 Å². The number of hydrogen-bond donors (Lipinski definition) is 2. The molecule has 2 amide bonds. The summed E-state index contributed by atoms with van der Waals surface area (Å²) >= 11 is 6.31. The number of nitrogens with zero attached hydrogens (tertiary/aromatic N) is 1. The zero-order valence-corrected chi connectivity index (χ0v) is 15.7. The Morgan fingerprint density at radius 3 is 2.33 bits per heavy atom. The molecule has 0 aliphatic carbocycles. The van der Waals surface area contributed by atoms with Crippen LogP contribution in [0.15, 0.2) is 54.6 Å². The Morgan fingerprint density at radius 1 is 1.07 bits per heavy atom. The van der Waals surface area contributed by atoms with Crippen LogP contribution in [0.4, 0.5) is 4.79 Å². The Kier molecular flexibility index (Phi) is 6.35. The minimum absolute atomic E-state index is 0.167. The van der Waals surface area contributed by atoms with E-state index in [0.717, 1.165) is 11.1 Å². The van der Waals surface area contributed by atoms with Gasteiger partial charge in [-0.3, -0.25) is 4.79 Å². The normalized spacial score (nSPS) is 16.0. The molecule has 0 bridgehead atoms. The average molecular weight is 387 g/mol. The summed E-state index contributed by atoms with van der Waals surface area (Å²) in [5.74, 6) is -1.14. The summed E-state index contributed by atoms with van der Waals surface area (Å²) in [7, 11) is 0. The van der Waals surface area contributed by atoms with E-state index in [9.17, 15) is 9.59 Å². The molecule has 2 N–H and O–H groups in total. The zero-order chi connectivity index (χ0) is 19.2. The van der Waals surface area contributed by atoms with Crippen LogP contribution >= 0.6 is 11.6 Å². The highest BCUT2D eigenvalue weighted by molar-refractivity contribution is 6.31. The number of carboxylic acid groups (broad SMARTS) is 1. The van der Waals surface area contributed by atoms with Gasteiger partial charge in [0.25, 0.3) is 0 Å². The minimum atomic E-state index is -0.782. The van der Waals surface area contributed by atoms with E-state index in [1.807, 2.05) is 54.6 Å². The lowest BCUT2D eigenvalue weighted by molar-refractivity contribution is -0.143. The number of amides is 2. The first-order valence-electron chi connectivity index (χ1n) is 9.11. The van der Waals surface area contributed by atoms with E-state index in [4.69, 9.17) is 16.7 Å². The van der Waals surface area contributed by atoms with Gasteiger partial charge in [0.15, 0.2) is 0 Å². The summed E-state index contributed by atoms with van der Waals surface area (Å²) in [5.41, 5.74) is 1.98. The summed E-state index contributed by atoms with van der Waals surface area (Å²) in [6.45, 7) is 0.910. The van der Waals surface area contributed by atoms with Gasteiger partial charge in [-0.2, -0.15) is 0 Å². The second kappa shape index (κ2) is 8.91. The largest absolute Gasteiger partial charge is 0.481 e. The van der Waals surface area contributed by atoms with Crippen LogP contribution in [0.25, 0.3) is 0 Å². The SMILES string of the molecule is O=C(O)C1CCN(C(=O)NC(Cc2ccccc2Cl)c2ccccc2)CC1. The molecule has 0 aromatic heterocycles. The third-order valence-electron chi connectivity index (χ3n) is 5.01. The molecule has 0 spiro atoms. The van der Waals surface area contributed by atoms with Gasteiger partial charge in [0, 0.05) is 18.1 Å². The van der Waals surface area contributed by atoms with Crippen LogP contribution < -0.4 is 5.32 Å². The molecule has 27 heavy (non-hydrogen) atoms. The summed E-state index contributed by atoms with van der Waals surface area (Å²) in [6, 6.07) is 17.0. The Hall–Kier alpha value is -2.53. The molecular formula is C21H23ClN2O3. The molecule has 1 saturated heterocycles. The highest BCUT2D eigenvalue weighted by atomic mass is 35.5. The summed E-state index contributed by atoms with van der Waals surface area (Å²) in [6.07, 6.45) is 1.56. The maximum atomic E-state index is 12.8. The molecule has 5 nitrogen and oxygen atoms in total. The first kappa shape index (κ1) is 19.2. The van der Waals surface area contributed by atoms with Crippen LogP contribution in [0.2, 0.25) is 5.02 Å². The molecule has 2 aromatic carbocycles. The van der Waals surface area contributed by atoms with Crippen molar-refractivity contribution in [3.63, 3.8) is 0 Å². The van der Waals surface area contributed by atoms with Gasteiger partial charge in [-0.15, -0.1) is 0 Å². The molecule has 142 valence electrons. The molecule has 0 saturated carbocycles. The Labute approximate surface area is 163 Å². The number of halogens is 1. The number of benzene rings is 2. The number of urea groups is 1. The number of carbonyl (C=O) groups excluding carboxylic acids is 1. The first-order chi connectivity index (χ1) is 13.0. The number of piperidine rings is 1. The number of rotatable bonds is 5. The quantitative estimate of drug-likeness (QED) is 0.811. The number of carboxylic acids is 1. The Bertz CT molecular complexity index is 789. The van der Waals surface area contributed by atoms with E-state index in [0.29, 0.717) is 37.4 Å². The monoisotopic (exact) mass is 386 g/mol. The standard InChI is InChI=1S/C21H23ClN2O3/c22-18-9-5-4-8-17(18)14-19(15-6-2-1-3-7-15)23-21(27)24-12-10-16(11-13-24)20(25)26/h1-9,16,19H,10-14H2,(H,23,27)(H,25,26). The zero-order valence-electron chi connectivity index (χ0n) is 15.0. The van der Waals surface area contributed by atoms with Gasteiger partial charge in [0.1, 0.15) is 0 Å². The number of hydrogen-bond acceptors (Lipinski definition) is 2. The van der Waals surface area contributed by atoms with Crippen LogP contribution in [-0.2, 0) is 11.2 Å². The third-order valence-corrected chi connectivity index (χ3v) is 5.38. The van der Waals surface area contributed by atoms with E-state index >= 15 is 0 Å². The molecule has 3 rings (SSSR count). The van der Waals surface area contributed by atoms with Crippen molar-refractivity contribution in [2.45, 2.75) is 25.3 Å². The van der Waals surface area contributed by atoms with Crippen molar-refractivity contribution in [3.8, 4) is 0 Å². The topological polar surface area (TPSA) is 69.6 Å². The summed E-state index contributed by atoms with van der Waals surface area (Å²) < 4.78 is 0. The second-order valence-corrected chi connectivity index (χ2v) is 7.22. The van der Waals surface area contributed by atoms with Crippen molar-refractivity contribution in [3.05, 3.63) is 70.7 Å². The molecule has 2 aromatic rings. The average Bonchev–Trinajstić information content (AvgIpc) is 2.69. The molecule has 6 heteroatoms. The molecule has 1 unspecified atom stereocenters. The van der Waals surface area contributed by atoms with Crippen molar-refractivity contribution >= 4 is 23.6 Å². The van der Waals surface area contributed by atoms with Crippen molar-refractivity contribution in [2.75, 3.05) is 13.1 Å². The fourth-order valence-electron chi connectivity index (χ4n) is 3.39. The first-order valence-corrected chi connectivity index (χ1v) is 9.49. The summed E-state index contributed by atoms with van der Waals surface area (Å²) in [4.78, 5) is 25.6. The van der Waals surface area contributed by atoms with Gasteiger partial charge >= 0.3 is 12.0 Å². The highest BCUT2D eigenvalue weighted by Gasteiger charge is 2.28. The molecule has 1 aliphatic heterocycles. The van der Waals surface area contributed by atoms with E-state index in [2.05, 4.69) is 5.32 Å². The van der Waals surface area contributed by atoms with Crippen LogP contribution in [0, 0.1) is 5.92 Å². The van der Waals surface area contributed by atoms with Gasteiger partial charge in [0.2, 0.25) is 0 Å². The number of nitrogens with one attached hydrogen (secondary N) is 1. The summed E-state index contributed by atoms with van der Waals surface area (Å²) in [5, 5.41) is 12.9. The molecule has 1 atom stereocenters. The Morgan fingerprint density at radius 2 is 1.70 bits per heavy atom. The third kappa shape index (κ3) is 5.01. The minimum Gasteiger partial charge on any atom is -0.481 e. The van der Waals surface area contributed by atoms with Crippen LogP contribution in [0.5, 0.6) is 0 Å². The number of aliphatic carboxylic acids is 1. The predicted molar refractivity (Wildman–Crippen MR) is 105 cm³/mol. The van der Waals surface area contributed by atoms with E-state index in [-0.39, 0.29) is 18.0 Å². The maximum Gasteiger partial charge on any atom is 0.317 e. The Balaban J connectivity index is 1.71. The number of likely N-dealkylation sites (tertiary alicyclic amines) is 1. The molecule has 1 aliphatic rings. The smallest absolute Gasteiger partial charge is 0.317 e. The molecule has 0 radical (unpaired) electrons. The van der Waals surface area contributed by atoms with Gasteiger partial charge in [-0.1, -0.05) is 60.1 Å². The van der Waals surface area contributed by atoms with E-state index in [1.54, 1.807) is 4.90 Å². The fourth-order valence-corrected chi connectivity index (χ4v) is 3.60. The number of carbonyl (C=O) groups is 2. The molecular weight excluding hydrogens is 364 g/mol. The lowest BCUT2D eigenvalue weighted by Crippen LogP contribution is -2.46. The van der Waals surface area contributed by atoms with E-state index in [1.165, 1.54) is 0 Å². The van der Waals surface area contributed by atoms with Gasteiger partial charge in [-0.25, -0.2) is 4.79 Å². The van der Waals surface area contributed by atoms with Crippen molar-refractivity contribution in [2.24, 2.45) is 5.92 Å². The predicted octanol–water partition coefficient (Wildman–Crippen LogP) is 4.13.